The summed E-state index contributed by atoms with van der Waals surface area (Å²) >= 11 is 2.16. The Kier molecular flexibility index (Phi) is 9.55. The summed E-state index contributed by atoms with van der Waals surface area (Å²) in [6.07, 6.45) is -0.725. The number of carbonyl (C=O) groups excluding carboxylic acids is 3. The number of thioether (sulfide) groups is 1. The van der Waals surface area contributed by atoms with E-state index in [1.165, 1.54) is 11.8 Å². The first-order chi connectivity index (χ1) is 17.9. The van der Waals surface area contributed by atoms with Crippen LogP contribution in [0.5, 0.6) is 5.75 Å². The summed E-state index contributed by atoms with van der Waals surface area (Å²) in [5.74, 6) is -0.279. The smallest absolute Gasteiger partial charge is 0.341 e. The molecule has 1 unspecified atom stereocenters. The molecule has 3 aromatic rings. The van der Waals surface area contributed by atoms with Crippen LogP contribution in [-0.2, 0) is 16.1 Å². The maximum absolute atomic E-state index is 12.8. The summed E-state index contributed by atoms with van der Waals surface area (Å²) < 4.78 is 13.3. The van der Waals surface area contributed by atoms with E-state index >= 15 is 0 Å². The molecular formula is C26H33N5O5S2. The number of rotatable bonds is 11. The normalized spacial score (nSPS) is 11.9. The maximum Gasteiger partial charge on any atom is 0.341 e. The molecule has 0 radical (unpaired) electrons. The monoisotopic (exact) mass is 559 g/mol. The van der Waals surface area contributed by atoms with Gasteiger partial charge in [0.15, 0.2) is 17.1 Å². The number of aryl methyl sites for hydroxylation is 2. The van der Waals surface area contributed by atoms with E-state index in [-0.39, 0.29) is 39.3 Å². The minimum Gasteiger partial charge on any atom is -0.483 e. The molecule has 0 spiro atoms. The van der Waals surface area contributed by atoms with Crippen molar-refractivity contribution in [2.75, 3.05) is 11.1 Å². The van der Waals surface area contributed by atoms with Gasteiger partial charge < -0.3 is 25.1 Å². The third-order valence-corrected chi connectivity index (χ3v) is 7.62. The fourth-order valence-electron chi connectivity index (χ4n) is 3.91. The highest BCUT2D eigenvalue weighted by atomic mass is 32.2. The molecule has 0 aliphatic rings. The van der Waals surface area contributed by atoms with Crippen LogP contribution in [0.25, 0.3) is 0 Å². The Bertz CT molecular complexity index is 1330. The number of ether oxygens (including phenoxy) is 2. The zero-order valence-corrected chi connectivity index (χ0v) is 24.2. The molecule has 2 amide bonds. The van der Waals surface area contributed by atoms with Gasteiger partial charge in [-0.2, -0.15) is 0 Å². The van der Waals surface area contributed by atoms with Crippen molar-refractivity contribution in [2.24, 2.45) is 5.73 Å². The third kappa shape index (κ3) is 6.93. The summed E-state index contributed by atoms with van der Waals surface area (Å²) in [5, 5.41) is 12.1. The van der Waals surface area contributed by atoms with E-state index in [4.69, 9.17) is 15.2 Å². The van der Waals surface area contributed by atoms with Crippen molar-refractivity contribution in [3.8, 4) is 5.75 Å². The first-order valence-corrected chi connectivity index (χ1v) is 14.0. The van der Waals surface area contributed by atoms with E-state index in [0.29, 0.717) is 23.1 Å². The lowest BCUT2D eigenvalue weighted by atomic mass is 10.1. The minimum atomic E-state index is -0.679. The Labute approximate surface area is 230 Å². The number of amides is 2. The average Bonchev–Trinajstić information content (AvgIpc) is 3.36. The summed E-state index contributed by atoms with van der Waals surface area (Å²) in [5.41, 5.74) is 8.19. The number of benzene rings is 1. The molecule has 3 N–H and O–H groups in total. The number of hydrogen-bond donors (Lipinski definition) is 2. The first kappa shape index (κ1) is 29.2. The zero-order chi connectivity index (χ0) is 28.1. The average molecular weight is 560 g/mol. The second kappa shape index (κ2) is 12.4. The van der Waals surface area contributed by atoms with E-state index in [1.807, 2.05) is 44.4 Å². The summed E-state index contributed by atoms with van der Waals surface area (Å²) in [7, 11) is 0. The predicted molar refractivity (Wildman–Crippen MR) is 148 cm³/mol. The lowest BCUT2D eigenvalue weighted by Gasteiger charge is -2.16. The topological polar surface area (TPSA) is 138 Å². The molecule has 0 aliphatic heterocycles. The van der Waals surface area contributed by atoms with Crippen LogP contribution in [0.15, 0.2) is 23.4 Å². The molecule has 10 nitrogen and oxygen atoms in total. The molecule has 2 aromatic heterocycles. The molecule has 38 heavy (non-hydrogen) atoms. The van der Waals surface area contributed by atoms with Gasteiger partial charge in [-0.1, -0.05) is 17.8 Å². The van der Waals surface area contributed by atoms with Crippen LogP contribution in [0.4, 0.5) is 5.00 Å². The summed E-state index contributed by atoms with van der Waals surface area (Å²) in [6, 6.07) is 6.02. The van der Waals surface area contributed by atoms with Gasteiger partial charge in [0, 0.05) is 6.54 Å². The van der Waals surface area contributed by atoms with Crippen LogP contribution < -0.4 is 15.8 Å². The Hall–Kier alpha value is -3.38. The molecule has 1 aromatic carbocycles. The number of carbonyl (C=O) groups is 3. The number of nitrogens with two attached hydrogens (primary N) is 1. The molecule has 1 atom stereocenters. The molecule has 0 saturated heterocycles. The Morgan fingerprint density at radius 1 is 1.11 bits per heavy atom. The lowest BCUT2D eigenvalue weighted by Crippen LogP contribution is -2.18. The molecule has 0 aliphatic carbocycles. The van der Waals surface area contributed by atoms with Gasteiger partial charge in [0.05, 0.1) is 22.3 Å². The molecule has 3 rings (SSSR count). The van der Waals surface area contributed by atoms with Crippen LogP contribution in [0.1, 0.15) is 76.3 Å². The van der Waals surface area contributed by atoms with Gasteiger partial charge >= 0.3 is 5.97 Å². The SMILES string of the molecule is CCn1c(SCC(=O)Nc2sc(C(N)=O)c(C)c2C(=O)OC(C)C)nnc1C(C)Oc1cc(C)cc(C)c1. The van der Waals surface area contributed by atoms with Crippen molar-refractivity contribution in [1.82, 2.24) is 14.8 Å². The van der Waals surface area contributed by atoms with Crippen molar-refractivity contribution in [3.63, 3.8) is 0 Å². The van der Waals surface area contributed by atoms with Gasteiger partial charge in [-0.25, -0.2) is 4.79 Å². The van der Waals surface area contributed by atoms with Crippen molar-refractivity contribution >= 4 is 45.9 Å². The number of anilines is 1. The minimum absolute atomic E-state index is 0.00592. The molecule has 0 bridgehead atoms. The van der Waals surface area contributed by atoms with Gasteiger partial charge in [0.1, 0.15) is 10.8 Å². The van der Waals surface area contributed by atoms with E-state index in [0.717, 1.165) is 28.2 Å². The van der Waals surface area contributed by atoms with Crippen molar-refractivity contribution in [3.05, 3.63) is 51.2 Å². The first-order valence-electron chi connectivity index (χ1n) is 12.2. The van der Waals surface area contributed by atoms with Crippen LogP contribution >= 0.6 is 23.1 Å². The molecular weight excluding hydrogens is 526 g/mol. The summed E-state index contributed by atoms with van der Waals surface area (Å²) in [6.45, 7) is 13.5. The molecule has 204 valence electrons. The third-order valence-electron chi connectivity index (χ3n) is 5.44. The van der Waals surface area contributed by atoms with Crippen LogP contribution in [0, 0.1) is 20.8 Å². The number of primary amides is 1. The van der Waals surface area contributed by atoms with Gasteiger partial charge in [0.25, 0.3) is 5.91 Å². The standard InChI is InChI=1S/C26H33N5O5S2/c1-8-31-23(17(7)36-18-10-14(4)9-15(5)11-18)29-30-26(31)37-12-19(32)28-24-20(25(34)35-13(2)3)16(6)21(38-24)22(27)33/h9-11,13,17H,8,12H2,1-7H3,(H2,27,33)(H,28,32). The van der Waals surface area contributed by atoms with Crippen LogP contribution in [0.2, 0.25) is 0 Å². The van der Waals surface area contributed by atoms with E-state index in [1.54, 1.807) is 20.8 Å². The number of thiophene rings is 1. The fraction of sp³-hybridized carbons (Fsp3) is 0.423. The number of nitrogens with zero attached hydrogens (tertiary/aromatic N) is 3. The Morgan fingerprint density at radius 2 is 1.76 bits per heavy atom. The second-order valence-corrected chi connectivity index (χ2v) is 11.0. The lowest BCUT2D eigenvalue weighted by molar-refractivity contribution is -0.113. The number of nitrogens with one attached hydrogen (secondary N) is 1. The van der Waals surface area contributed by atoms with Gasteiger partial charge in [-0.05, 0) is 77.3 Å². The van der Waals surface area contributed by atoms with Crippen molar-refractivity contribution in [1.29, 1.82) is 0 Å². The highest BCUT2D eigenvalue weighted by molar-refractivity contribution is 7.99. The molecule has 0 fully saturated rings. The fourth-order valence-corrected chi connectivity index (χ4v) is 5.78. The van der Waals surface area contributed by atoms with Crippen molar-refractivity contribution < 1.29 is 23.9 Å². The number of aromatic nitrogens is 3. The van der Waals surface area contributed by atoms with Gasteiger partial charge in [0.2, 0.25) is 5.91 Å². The zero-order valence-electron chi connectivity index (χ0n) is 22.6. The second-order valence-electron chi connectivity index (χ2n) is 9.08. The van der Waals surface area contributed by atoms with E-state index in [9.17, 15) is 14.4 Å². The largest absolute Gasteiger partial charge is 0.483 e. The Morgan fingerprint density at radius 3 is 2.34 bits per heavy atom. The van der Waals surface area contributed by atoms with Crippen LogP contribution in [-0.4, -0.2) is 44.4 Å². The highest BCUT2D eigenvalue weighted by Crippen LogP contribution is 2.34. The number of esters is 1. The molecule has 0 saturated carbocycles. The highest BCUT2D eigenvalue weighted by Gasteiger charge is 2.27. The van der Waals surface area contributed by atoms with Gasteiger partial charge in [-0.15, -0.1) is 21.5 Å². The Balaban J connectivity index is 1.73. The quantitative estimate of drug-likeness (QED) is 0.252. The van der Waals surface area contributed by atoms with E-state index < -0.39 is 11.9 Å². The molecule has 12 heteroatoms. The summed E-state index contributed by atoms with van der Waals surface area (Å²) in [4.78, 5) is 37.5. The maximum atomic E-state index is 12.8. The number of hydrogen-bond acceptors (Lipinski definition) is 9. The van der Waals surface area contributed by atoms with Crippen molar-refractivity contribution in [2.45, 2.75) is 72.4 Å². The van der Waals surface area contributed by atoms with Gasteiger partial charge in [-0.3, -0.25) is 9.59 Å². The van der Waals surface area contributed by atoms with E-state index in [2.05, 4.69) is 21.6 Å². The van der Waals surface area contributed by atoms with Crippen LogP contribution in [0.3, 0.4) is 0 Å². The predicted octanol–water partition coefficient (Wildman–Crippen LogP) is 4.82. The molecule has 2 heterocycles.